The summed E-state index contributed by atoms with van der Waals surface area (Å²) >= 11 is 12.2. The molecule has 1 aliphatic rings. The lowest BCUT2D eigenvalue weighted by atomic mass is 10.0. The predicted molar refractivity (Wildman–Crippen MR) is 85.5 cm³/mol. The van der Waals surface area contributed by atoms with E-state index < -0.39 is 0 Å². The summed E-state index contributed by atoms with van der Waals surface area (Å²) in [6.45, 7) is 6.43. The Morgan fingerprint density at radius 3 is 2.53 bits per heavy atom. The van der Waals surface area contributed by atoms with Gasteiger partial charge in [0, 0.05) is 28.7 Å². The van der Waals surface area contributed by atoms with Crippen molar-refractivity contribution in [2.24, 2.45) is 11.7 Å². The molecule has 1 aromatic carbocycles. The van der Waals surface area contributed by atoms with Crippen molar-refractivity contribution in [2.75, 3.05) is 13.1 Å². The molecule has 2 rings (SSSR count). The maximum Gasteiger partial charge on any atom is 0.0468 e. The summed E-state index contributed by atoms with van der Waals surface area (Å²) in [7, 11) is 0. The van der Waals surface area contributed by atoms with Gasteiger partial charge in [-0.1, -0.05) is 29.3 Å². The van der Waals surface area contributed by atoms with Crippen LogP contribution in [0, 0.1) is 5.92 Å². The van der Waals surface area contributed by atoms with E-state index in [1.165, 1.54) is 6.42 Å². The first kappa shape index (κ1) is 17.1. The number of rotatable bonds is 3. The molecule has 0 radical (unpaired) electrons. The average molecular weight is 324 g/mol. The zero-order valence-electron chi connectivity index (χ0n) is 11.3. The number of hydrogen-bond acceptors (Lipinski definition) is 2. The lowest BCUT2D eigenvalue weighted by molar-refractivity contribution is 0.248. The Balaban J connectivity index is 0.00000180. The minimum Gasteiger partial charge on any atom is -0.328 e. The van der Waals surface area contributed by atoms with Crippen LogP contribution in [0.2, 0.25) is 10.0 Å². The van der Waals surface area contributed by atoms with Crippen molar-refractivity contribution in [1.82, 2.24) is 4.90 Å². The van der Waals surface area contributed by atoms with Crippen molar-refractivity contribution in [2.45, 2.75) is 32.4 Å². The van der Waals surface area contributed by atoms with Crippen molar-refractivity contribution in [3.8, 4) is 0 Å². The first-order valence-corrected chi connectivity index (χ1v) is 7.19. The van der Waals surface area contributed by atoms with Crippen LogP contribution in [0.4, 0.5) is 0 Å². The summed E-state index contributed by atoms with van der Waals surface area (Å²) < 4.78 is 0. The van der Waals surface area contributed by atoms with E-state index in [9.17, 15) is 0 Å². The predicted octanol–water partition coefficient (Wildman–Crippen LogP) is 4.15. The second-order valence-corrected chi connectivity index (χ2v) is 6.09. The Morgan fingerprint density at radius 2 is 2.00 bits per heavy atom. The van der Waals surface area contributed by atoms with E-state index in [1.807, 2.05) is 18.2 Å². The van der Waals surface area contributed by atoms with Gasteiger partial charge in [0.15, 0.2) is 0 Å². The fourth-order valence-corrected chi connectivity index (χ4v) is 3.20. The van der Waals surface area contributed by atoms with Crippen LogP contribution in [0.15, 0.2) is 18.2 Å². The summed E-state index contributed by atoms with van der Waals surface area (Å²) in [5, 5.41) is 1.44. The minimum atomic E-state index is 0. The maximum absolute atomic E-state index is 6.27. The van der Waals surface area contributed by atoms with Crippen molar-refractivity contribution >= 4 is 35.6 Å². The molecule has 2 nitrogen and oxygen atoms in total. The fourth-order valence-electron chi connectivity index (χ4n) is 2.63. The van der Waals surface area contributed by atoms with E-state index in [2.05, 4.69) is 18.7 Å². The van der Waals surface area contributed by atoms with E-state index in [0.717, 1.165) is 23.7 Å². The Labute approximate surface area is 131 Å². The largest absolute Gasteiger partial charge is 0.328 e. The number of nitrogens with two attached hydrogens (primary N) is 1. The molecule has 3 unspecified atom stereocenters. The highest BCUT2D eigenvalue weighted by atomic mass is 35.5. The van der Waals surface area contributed by atoms with E-state index in [4.69, 9.17) is 28.9 Å². The molecule has 19 heavy (non-hydrogen) atoms. The third-order valence-corrected chi connectivity index (χ3v) is 4.52. The highest BCUT2D eigenvalue weighted by Gasteiger charge is 2.29. The molecule has 0 amide bonds. The molecule has 1 fully saturated rings. The number of halogens is 3. The number of nitrogens with zero attached hydrogens (tertiary/aromatic N) is 1. The molecule has 1 saturated heterocycles. The van der Waals surface area contributed by atoms with Crippen LogP contribution in [0.3, 0.4) is 0 Å². The molecule has 1 aromatic rings. The van der Waals surface area contributed by atoms with Gasteiger partial charge >= 0.3 is 0 Å². The molecule has 1 heterocycles. The van der Waals surface area contributed by atoms with Crippen LogP contribution < -0.4 is 5.73 Å². The zero-order chi connectivity index (χ0) is 13.3. The van der Waals surface area contributed by atoms with Crippen LogP contribution in [0.5, 0.6) is 0 Å². The molecule has 0 spiro atoms. The molecular weight excluding hydrogens is 303 g/mol. The standard InChI is InChI=1S/C14H20Cl2N2.ClH/c1-9(17)11-5-6-18(8-11)10(2)13-4-3-12(15)7-14(13)16;/h3-4,7,9-11H,5-6,8,17H2,1-2H3;1H. The van der Waals surface area contributed by atoms with Gasteiger partial charge in [-0.2, -0.15) is 0 Å². The van der Waals surface area contributed by atoms with Crippen LogP contribution in [0.25, 0.3) is 0 Å². The Kier molecular flexibility index (Phi) is 6.41. The van der Waals surface area contributed by atoms with E-state index >= 15 is 0 Å². The van der Waals surface area contributed by atoms with Crippen LogP contribution in [0.1, 0.15) is 31.9 Å². The molecule has 3 atom stereocenters. The number of likely N-dealkylation sites (tertiary alicyclic amines) is 1. The van der Waals surface area contributed by atoms with Crippen molar-refractivity contribution in [3.63, 3.8) is 0 Å². The summed E-state index contributed by atoms with van der Waals surface area (Å²) in [6.07, 6.45) is 1.17. The third-order valence-electron chi connectivity index (χ3n) is 3.96. The first-order valence-electron chi connectivity index (χ1n) is 6.43. The summed E-state index contributed by atoms with van der Waals surface area (Å²) in [5.74, 6) is 0.596. The molecule has 1 aliphatic heterocycles. The molecule has 0 saturated carbocycles. The monoisotopic (exact) mass is 322 g/mol. The van der Waals surface area contributed by atoms with Crippen LogP contribution in [-0.4, -0.2) is 24.0 Å². The van der Waals surface area contributed by atoms with E-state index in [0.29, 0.717) is 17.0 Å². The first-order chi connectivity index (χ1) is 8.49. The van der Waals surface area contributed by atoms with Gasteiger partial charge in [0.25, 0.3) is 0 Å². The topological polar surface area (TPSA) is 29.3 Å². The molecular formula is C14H21Cl3N2. The Bertz CT molecular complexity index is 423. The maximum atomic E-state index is 6.27. The van der Waals surface area contributed by atoms with E-state index in [-0.39, 0.29) is 18.4 Å². The van der Waals surface area contributed by atoms with Crippen molar-refractivity contribution in [3.05, 3.63) is 33.8 Å². The van der Waals surface area contributed by atoms with Gasteiger partial charge < -0.3 is 5.73 Å². The van der Waals surface area contributed by atoms with E-state index in [1.54, 1.807) is 0 Å². The van der Waals surface area contributed by atoms with Gasteiger partial charge in [0.05, 0.1) is 0 Å². The van der Waals surface area contributed by atoms with Gasteiger partial charge in [-0.25, -0.2) is 0 Å². The summed E-state index contributed by atoms with van der Waals surface area (Å²) in [5.41, 5.74) is 7.12. The molecule has 108 valence electrons. The smallest absolute Gasteiger partial charge is 0.0468 e. The Hall–Kier alpha value is 0.01000. The van der Waals surface area contributed by atoms with Crippen LogP contribution >= 0.6 is 35.6 Å². The SMILES string of the molecule is CC(N)C1CCN(C(C)c2ccc(Cl)cc2Cl)C1.Cl. The second kappa shape index (κ2) is 7.14. The number of hydrogen-bond donors (Lipinski definition) is 1. The normalized spacial score (nSPS) is 22.9. The fraction of sp³-hybridized carbons (Fsp3) is 0.571. The van der Waals surface area contributed by atoms with Crippen LogP contribution in [-0.2, 0) is 0 Å². The molecule has 2 N–H and O–H groups in total. The highest BCUT2D eigenvalue weighted by molar-refractivity contribution is 6.35. The lowest BCUT2D eigenvalue weighted by Gasteiger charge is -2.26. The number of benzene rings is 1. The average Bonchev–Trinajstić information content (AvgIpc) is 2.77. The van der Waals surface area contributed by atoms with Gasteiger partial charge in [0.1, 0.15) is 0 Å². The van der Waals surface area contributed by atoms with Gasteiger partial charge in [-0.15, -0.1) is 12.4 Å². The molecule has 0 bridgehead atoms. The Morgan fingerprint density at radius 1 is 1.32 bits per heavy atom. The second-order valence-electron chi connectivity index (χ2n) is 5.24. The van der Waals surface area contributed by atoms with Gasteiger partial charge in [0.2, 0.25) is 0 Å². The zero-order valence-corrected chi connectivity index (χ0v) is 13.6. The summed E-state index contributed by atoms with van der Waals surface area (Å²) in [6, 6.07) is 6.32. The van der Waals surface area contributed by atoms with Crippen molar-refractivity contribution < 1.29 is 0 Å². The lowest BCUT2D eigenvalue weighted by Crippen LogP contribution is -2.31. The third kappa shape index (κ3) is 3.99. The van der Waals surface area contributed by atoms with Crippen molar-refractivity contribution in [1.29, 1.82) is 0 Å². The summed E-state index contributed by atoms with van der Waals surface area (Å²) in [4.78, 5) is 2.45. The minimum absolute atomic E-state index is 0. The molecule has 0 aromatic heterocycles. The highest BCUT2D eigenvalue weighted by Crippen LogP contribution is 2.33. The molecule has 0 aliphatic carbocycles. The van der Waals surface area contributed by atoms with Gasteiger partial charge in [-0.3, -0.25) is 4.90 Å². The quantitative estimate of drug-likeness (QED) is 0.905. The molecule has 5 heteroatoms. The van der Waals surface area contributed by atoms with Gasteiger partial charge in [-0.05, 0) is 50.4 Å².